The van der Waals surface area contributed by atoms with Gasteiger partial charge in [-0.1, -0.05) is 10.3 Å². The van der Waals surface area contributed by atoms with Crippen LogP contribution in [0.2, 0.25) is 0 Å². The molecule has 1 aliphatic heterocycles. The molecule has 1 N–H and O–H groups in total. The second-order valence-corrected chi connectivity index (χ2v) is 4.15. The number of hydrogen-bond donors (Lipinski definition) is 1. The van der Waals surface area contributed by atoms with Gasteiger partial charge >= 0.3 is 0 Å². The molecule has 6 heteroatoms. The largest absolute Gasteiger partial charge is 0.299 e. The van der Waals surface area contributed by atoms with Crippen LogP contribution in [-0.4, -0.2) is 44.2 Å². The van der Waals surface area contributed by atoms with Gasteiger partial charge in [0, 0.05) is 6.04 Å². The number of rotatable bonds is 3. The highest BCUT2D eigenvalue weighted by atomic mass is 32.1. The fraction of sp³-hybridized carbons (Fsp3) is 0.875. The third-order valence-corrected chi connectivity index (χ3v) is 3.04. The van der Waals surface area contributed by atoms with Crippen LogP contribution in [0.25, 0.3) is 0 Å². The van der Waals surface area contributed by atoms with Gasteiger partial charge in [0.1, 0.15) is 0 Å². The number of aromatic amines is 1. The Labute approximate surface area is 88.1 Å². The van der Waals surface area contributed by atoms with Crippen molar-refractivity contribution in [3.8, 4) is 0 Å². The van der Waals surface area contributed by atoms with Gasteiger partial charge in [-0.3, -0.25) is 4.90 Å². The summed E-state index contributed by atoms with van der Waals surface area (Å²) in [5, 5.41) is 10.2. The maximum absolute atomic E-state index is 5.02. The summed E-state index contributed by atoms with van der Waals surface area (Å²) in [4.78, 5) is 2.47. The maximum Gasteiger partial charge on any atom is 0.238 e. The number of tetrazole rings is 1. The van der Waals surface area contributed by atoms with Crippen molar-refractivity contribution >= 4 is 12.2 Å². The first-order chi connectivity index (χ1) is 6.77. The zero-order valence-corrected chi connectivity index (χ0v) is 9.13. The number of likely N-dealkylation sites (tertiary alicyclic amines) is 1. The molecule has 78 valence electrons. The van der Waals surface area contributed by atoms with Crippen molar-refractivity contribution in [2.45, 2.75) is 32.4 Å². The van der Waals surface area contributed by atoms with Gasteiger partial charge in [-0.05, 0) is 45.1 Å². The van der Waals surface area contributed by atoms with Crippen molar-refractivity contribution in [3.05, 3.63) is 4.77 Å². The molecule has 0 spiro atoms. The first kappa shape index (κ1) is 9.79. The summed E-state index contributed by atoms with van der Waals surface area (Å²) in [6, 6.07) is 0.506. The SMILES string of the molecule is CC(Cn1[nH]nnc1=S)N1CCCC1. The molecule has 1 atom stereocenters. The lowest BCUT2D eigenvalue weighted by Crippen LogP contribution is -2.34. The van der Waals surface area contributed by atoms with Crippen LogP contribution in [0.4, 0.5) is 0 Å². The van der Waals surface area contributed by atoms with E-state index in [4.69, 9.17) is 12.2 Å². The molecule has 1 aromatic heterocycles. The van der Waals surface area contributed by atoms with Crippen molar-refractivity contribution < 1.29 is 0 Å². The monoisotopic (exact) mass is 213 g/mol. The topological polar surface area (TPSA) is 49.7 Å². The first-order valence-electron chi connectivity index (χ1n) is 4.99. The van der Waals surface area contributed by atoms with Crippen LogP contribution in [-0.2, 0) is 6.54 Å². The Balaban J connectivity index is 1.97. The van der Waals surface area contributed by atoms with Gasteiger partial charge in [-0.2, -0.15) is 5.21 Å². The number of aromatic nitrogens is 4. The van der Waals surface area contributed by atoms with E-state index in [0.29, 0.717) is 10.8 Å². The van der Waals surface area contributed by atoms with Crippen LogP contribution >= 0.6 is 12.2 Å². The average Bonchev–Trinajstić information content (AvgIpc) is 2.77. The van der Waals surface area contributed by atoms with Crippen LogP contribution in [0, 0.1) is 4.77 Å². The van der Waals surface area contributed by atoms with E-state index in [1.54, 1.807) is 0 Å². The van der Waals surface area contributed by atoms with E-state index in [0.717, 1.165) is 6.54 Å². The van der Waals surface area contributed by atoms with E-state index in [1.165, 1.54) is 25.9 Å². The highest BCUT2D eigenvalue weighted by Crippen LogP contribution is 2.12. The molecule has 0 saturated carbocycles. The summed E-state index contributed by atoms with van der Waals surface area (Å²) >= 11 is 5.02. The zero-order valence-electron chi connectivity index (χ0n) is 8.31. The highest BCUT2D eigenvalue weighted by Gasteiger charge is 2.18. The lowest BCUT2D eigenvalue weighted by atomic mass is 10.3. The van der Waals surface area contributed by atoms with Crippen molar-refractivity contribution in [2.75, 3.05) is 13.1 Å². The van der Waals surface area contributed by atoms with Crippen LogP contribution in [0.1, 0.15) is 19.8 Å². The van der Waals surface area contributed by atoms with E-state index < -0.39 is 0 Å². The molecule has 0 bridgehead atoms. The van der Waals surface area contributed by atoms with Gasteiger partial charge in [0.05, 0.1) is 6.54 Å². The van der Waals surface area contributed by atoms with Crippen molar-refractivity contribution in [1.29, 1.82) is 0 Å². The molecule has 2 heterocycles. The fourth-order valence-electron chi connectivity index (χ4n) is 1.90. The quantitative estimate of drug-likeness (QED) is 0.755. The third-order valence-electron chi connectivity index (χ3n) is 2.74. The third kappa shape index (κ3) is 2.01. The van der Waals surface area contributed by atoms with Gasteiger partial charge in [-0.25, -0.2) is 4.68 Å². The van der Waals surface area contributed by atoms with Gasteiger partial charge < -0.3 is 0 Å². The Bertz CT molecular complexity index is 338. The van der Waals surface area contributed by atoms with E-state index in [1.807, 2.05) is 4.68 Å². The summed E-state index contributed by atoms with van der Waals surface area (Å²) < 4.78 is 2.36. The normalized spacial score (nSPS) is 20.1. The molecular weight excluding hydrogens is 198 g/mol. The summed E-state index contributed by atoms with van der Waals surface area (Å²) in [7, 11) is 0. The maximum atomic E-state index is 5.02. The second-order valence-electron chi connectivity index (χ2n) is 3.79. The minimum absolute atomic E-state index is 0.506. The molecular formula is C8H15N5S. The molecule has 1 aliphatic rings. The summed E-state index contributed by atoms with van der Waals surface area (Å²) in [6.07, 6.45) is 2.63. The lowest BCUT2D eigenvalue weighted by Gasteiger charge is -2.23. The van der Waals surface area contributed by atoms with Gasteiger partial charge in [0.25, 0.3) is 0 Å². The van der Waals surface area contributed by atoms with Crippen LogP contribution in [0.15, 0.2) is 0 Å². The Hall–Kier alpha value is -0.750. The molecule has 1 saturated heterocycles. The van der Waals surface area contributed by atoms with Crippen molar-refractivity contribution in [2.24, 2.45) is 0 Å². The number of H-pyrrole nitrogens is 1. The Morgan fingerprint density at radius 1 is 1.50 bits per heavy atom. The van der Waals surface area contributed by atoms with E-state index >= 15 is 0 Å². The summed E-state index contributed by atoms with van der Waals surface area (Å²) in [6.45, 7) is 5.48. The Morgan fingerprint density at radius 3 is 2.79 bits per heavy atom. The smallest absolute Gasteiger partial charge is 0.238 e. The first-order valence-corrected chi connectivity index (χ1v) is 5.40. The van der Waals surface area contributed by atoms with Gasteiger partial charge in [0.15, 0.2) is 0 Å². The number of hydrogen-bond acceptors (Lipinski definition) is 4. The molecule has 1 aromatic rings. The number of nitrogens with zero attached hydrogens (tertiary/aromatic N) is 4. The summed E-state index contributed by atoms with van der Waals surface area (Å²) in [5.41, 5.74) is 0. The molecule has 1 unspecified atom stereocenters. The minimum Gasteiger partial charge on any atom is -0.299 e. The standard InChI is InChI=1S/C8H15N5S/c1-7(12-4-2-3-5-12)6-13-8(14)9-10-11-13/h7H,2-6H2,1H3,(H,9,11,14). The predicted octanol–water partition coefficient (Wildman–Crippen LogP) is 0.820. The van der Waals surface area contributed by atoms with Crippen LogP contribution in [0.3, 0.4) is 0 Å². The molecule has 0 aromatic carbocycles. The Morgan fingerprint density at radius 2 is 2.21 bits per heavy atom. The second kappa shape index (κ2) is 4.18. The minimum atomic E-state index is 0.506. The molecule has 14 heavy (non-hydrogen) atoms. The van der Waals surface area contributed by atoms with Gasteiger partial charge in [0.2, 0.25) is 4.77 Å². The van der Waals surface area contributed by atoms with E-state index in [9.17, 15) is 0 Å². The predicted molar refractivity (Wildman–Crippen MR) is 55.5 cm³/mol. The molecule has 2 rings (SSSR count). The molecule has 0 amide bonds. The lowest BCUT2D eigenvalue weighted by molar-refractivity contribution is 0.228. The molecule has 0 aliphatic carbocycles. The molecule has 0 radical (unpaired) electrons. The van der Waals surface area contributed by atoms with E-state index in [-0.39, 0.29) is 0 Å². The molecule has 1 fully saturated rings. The fourth-order valence-corrected chi connectivity index (χ4v) is 2.05. The van der Waals surface area contributed by atoms with Crippen LogP contribution in [0.5, 0.6) is 0 Å². The van der Waals surface area contributed by atoms with Crippen LogP contribution < -0.4 is 0 Å². The zero-order chi connectivity index (χ0) is 9.97. The van der Waals surface area contributed by atoms with Gasteiger partial charge in [-0.15, -0.1) is 0 Å². The number of nitrogens with one attached hydrogen (secondary N) is 1. The average molecular weight is 213 g/mol. The highest BCUT2D eigenvalue weighted by molar-refractivity contribution is 7.71. The molecule has 5 nitrogen and oxygen atoms in total. The summed E-state index contributed by atoms with van der Waals surface area (Å²) in [5.74, 6) is 0. The Kier molecular flexibility index (Phi) is 2.93. The van der Waals surface area contributed by atoms with Crippen molar-refractivity contribution in [1.82, 2.24) is 25.1 Å². The van der Waals surface area contributed by atoms with Crippen molar-refractivity contribution in [3.63, 3.8) is 0 Å². The van der Waals surface area contributed by atoms with E-state index in [2.05, 4.69) is 27.3 Å².